The third-order valence-corrected chi connectivity index (χ3v) is 6.06. The van der Waals surface area contributed by atoms with Gasteiger partial charge >= 0.3 is 12.1 Å². The standard InChI is InChI=1S/C26H32N2O6/c1-17(9-8-14-23(29)30)27-24(31)26(2,16-33-3)28-25(32)34-15-22-20-12-6-4-10-18(20)19-11-5-7-13-21(19)22/h4-7,10-13,17,22H,8-9,14-16H2,1-3H3,(H,27,31)(H,28,32)(H,29,30). The number of amides is 2. The molecule has 2 aromatic carbocycles. The highest BCUT2D eigenvalue weighted by Crippen LogP contribution is 2.44. The van der Waals surface area contributed by atoms with Crippen molar-refractivity contribution in [1.29, 1.82) is 0 Å². The van der Waals surface area contributed by atoms with Crippen LogP contribution < -0.4 is 10.6 Å². The van der Waals surface area contributed by atoms with Crippen LogP contribution in [0.3, 0.4) is 0 Å². The van der Waals surface area contributed by atoms with E-state index in [-0.39, 0.29) is 31.6 Å². The van der Waals surface area contributed by atoms with Crippen molar-refractivity contribution in [3.63, 3.8) is 0 Å². The molecule has 2 atom stereocenters. The molecule has 182 valence electrons. The lowest BCUT2D eigenvalue weighted by molar-refractivity contribution is -0.137. The van der Waals surface area contributed by atoms with Crippen molar-refractivity contribution in [2.45, 2.75) is 50.6 Å². The molecular formula is C26H32N2O6. The van der Waals surface area contributed by atoms with E-state index in [0.29, 0.717) is 12.8 Å². The van der Waals surface area contributed by atoms with Crippen LogP contribution in [0.1, 0.15) is 50.2 Å². The van der Waals surface area contributed by atoms with Crippen molar-refractivity contribution in [3.05, 3.63) is 59.7 Å². The molecule has 2 aromatic rings. The summed E-state index contributed by atoms with van der Waals surface area (Å²) in [5, 5.41) is 14.3. The summed E-state index contributed by atoms with van der Waals surface area (Å²) < 4.78 is 10.8. The predicted molar refractivity (Wildman–Crippen MR) is 128 cm³/mol. The van der Waals surface area contributed by atoms with E-state index in [1.807, 2.05) is 36.4 Å². The summed E-state index contributed by atoms with van der Waals surface area (Å²) >= 11 is 0. The minimum atomic E-state index is -1.35. The SMILES string of the molecule is COCC(C)(NC(=O)OCC1c2ccccc2-c2ccccc21)C(=O)NC(C)CCCC(=O)O. The van der Waals surface area contributed by atoms with Crippen LogP contribution in [0, 0.1) is 0 Å². The lowest BCUT2D eigenvalue weighted by atomic mass is 9.98. The topological polar surface area (TPSA) is 114 Å². The van der Waals surface area contributed by atoms with E-state index in [9.17, 15) is 14.4 Å². The third kappa shape index (κ3) is 5.94. The summed E-state index contributed by atoms with van der Waals surface area (Å²) in [5.74, 6) is -1.39. The largest absolute Gasteiger partial charge is 0.481 e. The fraction of sp³-hybridized carbons (Fsp3) is 0.423. The van der Waals surface area contributed by atoms with Crippen LogP contribution in [0.25, 0.3) is 11.1 Å². The van der Waals surface area contributed by atoms with Gasteiger partial charge in [-0.2, -0.15) is 0 Å². The van der Waals surface area contributed by atoms with E-state index in [1.54, 1.807) is 13.8 Å². The summed E-state index contributed by atoms with van der Waals surface area (Å²) in [6.45, 7) is 3.44. The molecule has 0 bridgehead atoms. The van der Waals surface area contributed by atoms with Gasteiger partial charge in [-0.15, -0.1) is 0 Å². The molecule has 0 spiro atoms. The maximum Gasteiger partial charge on any atom is 0.408 e. The van der Waals surface area contributed by atoms with Gasteiger partial charge in [-0.1, -0.05) is 48.5 Å². The number of nitrogens with one attached hydrogen (secondary N) is 2. The second-order valence-electron chi connectivity index (χ2n) is 8.88. The number of methoxy groups -OCH3 is 1. The van der Waals surface area contributed by atoms with Gasteiger partial charge in [0.15, 0.2) is 0 Å². The Morgan fingerprint density at radius 2 is 1.65 bits per heavy atom. The molecule has 2 unspecified atom stereocenters. The molecule has 2 amide bonds. The number of carboxylic acids is 1. The van der Waals surface area contributed by atoms with Crippen LogP contribution in [0.4, 0.5) is 4.79 Å². The van der Waals surface area contributed by atoms with Gasteiger partial charge in [0, 0.05) is 25.5 Å². The zero-order chi connectivity index (χ0) is 24.7. The van der Waals surface area contributed by atoms with Gasteiger partial charge in [0.05, 0.1) is 6.61 Å². The minimum Gasteiger partial charge on any atom is -0.481 e. The molecule has 8 nitrogen and oxygen atoms in total. The van der Waals surface area contributed by atoms with Crippen molar-refractivity contribution in [1.82, 2.24) is 10.6 Å². The van der Waals surface area contributed by atoms with Crippen LogP contribution in [0.2, 0.25) is 0 Å². The fourth-order valence-electron chi connectivity index (χ4n) is 4.32. The van der Waals surface area contributed by atoms with Crippen molar-refractivity contribution in [3.8, 4) is 11.1 Å². The van der Waals surface area contributed by atoms with Crippen molar-refractivity contribution in [2.24, 2.45) is 0 Å². The summed E-state index contributed by atoms with van der Waals surface area (Å²) in [5.41, 5.74) is 3.12. The molecule has 8 heteroatoms. The highest BCUT2D eigenvalue weighted by molar-refractivity contribution is 5.90. The quantitative estimate of drug-likeness (QED) is 0.464. The maximum atomic E-state index is 12.9. The Morgan fingerprint density at radius 3 is 2.21 bits per heavy atom. The maximum absolute atomic E-state index is 12.9. The third-order valence-electron chi connectivity index (χ3n) is 6.06. The van der Waals surface area contributed by atoms with Crippen LogP contribution in [-0.4, -0.2) is 55.0 Å². The molecule has 0 radical (unpaired) electrons. The highest BCUT2D eigenvalue weighted by atomic mass is 16.5. The van der Waals surface area contributed by atoms with Gasteiger partial charge in [0.1, 0.15) is 12.1 Å². The fourth-order valence-corrected chi connectivity index (χ4v) is 4.32. The van der Waals surface area contributed by atoms with Gasteiger partial charge in [-0.05, 0) is 48.9 Å². The molecule has 3 rings (SSSR count). The molecule has 0 saturated heterocycles. The molecule has 0 aliphatic heterocycles. The van der Waals surface area contributed by atoms with Crippen molar-refractivity contribution in [2.75, 3.05) is 20.3 Å². The number of carbonyl (C=O) groups is 3. The molecule has 34 heavy (non-hydrogen) atoms. The van der Waals surface area contributed by atoms with E-state index in [0.717, 1.165) is 22.3 Å². The first-order chi connectivity index (χ1) is 16.2. The van der Waals surface area contributed by atoms with Crippen molar-refractivity contribution >= 4 is 18.0 Å². The van der Waals surface area contributed by atoms with Crippen LogP contribution in [0.5, 0.6) is 0 Å². The number of benzene rings is 2. The Labute approximate surface area is 199 Å². The summed E-state index contributed by atoms with van der Waals surface area (Å²) in [7, 11) is 1.45. The van der Waals surface area contributed by atoms with Crippen LogP contribution >= 0.6 is 0 Å². The zero-order valence-corrected chi connectivity index (χ0v) is 19.8. The first-order valence-corrected chi connectivity index (χ1v) is 11.4. The molecule has 1 aliphatic carbocycles. The summed E-state index contributed by atoms with van der Waals surface area (Å²) in [4.78, 5) is 36.3. The molecule has 3 N–H and O–H groups in total. The van der Waals surface area contributed by atoms with Gasteiger partial charge in [-0.25, -0.2) is 4.79 Å². The van der Waals surface area contributed by atoms with E-state index in [4.69, 9.17) is 14.6 Å². The number of hydrogen-bond donors (Lipinski definition) is 3. The normalized spacial score (nSPS) is 14.9. The number of alkyl carbamates (subject to hydrolysis) is 1. The van der Waals surface area contributed by atoms with E-state index >= 15 is 0 Å². The van der Waals surface area contributed by atoms with Gasteiger partial charge < -0.3 is 25.2 Å². The predicted octanol–water partition coefficient (Wildman–Crippen LogP) is 3.69. The zero-order valence-electron chi connectivity index (χ0n) is 19.8. The van der Waals surface area contributed by atoms with E-state index in [2.05, 4.69) is 22.8 Å². The summed E-state index contributed by atoms with van der Waals surface area (Å²) in [6, 6.07) is 15.9. The van der Waals surface area contributed by atoms with Crippen LogP contribution in [-0.2, 0) is 19.1 Å². The molecule has 0 aromatic heterocycles. The number of hydrogen-bond acceptors (Lipinski definition) is 5. The van der Waals surface area contributed by atoms with Gasteiger partial charge in [0.2, 0.25) is 5.91 Å². The van der Waals surface area contributed by atoms with Crippen molar-refractivity contribution < 1.29 is 29.0 Å². The number of ether oxygens (including phenoxy) is 2. The lowest BCUT2D eigenvalue weighted by Gasteiger charge is -2.30. The molecule has 0 heterocycles. The molecule has 0 fully saturated rings. The van der Waals surface area contributed by atoms with Gasteiger partial charge in [0.25, 0.3) is 0 Å². The molecule has 1 aliphatic rings. The Kier molecular flexibility index (Phi) is 8.28. The Balaban J connectivity index is 1.61. The monoisotopic (exact) mass is 468 g/mol. The first kappa shape index (κ1) is 25.2. The summed E-state index contributed by atoms with van der Waals surface area (Å²) in [6.07, 6.45) is 0.270. The second-order valence-corrected chi connectivity index (χ2v) is 8.88. The Bertz CT molecular complexity index is 994. The Morgan fingerprint density at radius 1 is 1.06 bits per heavy atom. The lowest BCUT2D eigenvalue weighted by Crippen LogP contribution is -2.60. The number of rotatable bonds is 11. The Hall–Kier alpha value is -3.39. The number of carboxylic acid groups (broad SMARTS) is 1. The highest BCUT2D eigenvalue weighted by Gasteiger charge is 2.37. The van der Waals surface area contributed by atoms with Gasteiger partial charge in [-0.3, -0.25) is 9.59 Å². The average Bonchev–Trinajstić information content (AvgIpc) is 3.11. The smallest absolute Gasteiger partial charge is 0.408 e. The molecular weight excluding hydrogens is 436 g/mol. The van der Waals surface area contributed by atoms with Crippen LogP contribution in [0.15, 0.2) is 48.5 Å². The number of fused-ring (bicyclic) bond motifs is 3. The number of aliphatic carboxylic acids is 1. The molecule has 0 saturated carbocycles. The minimum absolute atomic E-state index is 0.0353. The first-order valence-electron chi connectivity index (χ1n) is 11.4. The average molecular weight is 469 g/mol. The van der Waals surface area contributed by atoms with E-state index < -0.39 is 23.5 Å². The van der Waals surface area contributed by atoms with E-state index in [1.165, 1.54) is 7.11 Å². The number of carbonyl (C=O) groups excluding carboxylic acids is 2. The second kappa shape index (κ2) is 11.2.